The molecule has 2 aromatic carbocycles. The molecule has 0 saturated heterocycles. The summed E-state index contributed by atoms with van der Waals surface area (Å²) >= 11 is 1.52. The summed E-state index contributed by atoms with van der Waals surface area (Å²) in [5.41, 5.74) is 7.70. The van der Waals surface area contributed by atoms with Crippen molar-refractivity contribution in [1.29, 1.82) is 0 Å². The molecule has 10 heteroatoms. The number of alkyl halides is 3. The number of nitrogens with one attached hydrogen (secondary N) is 2. The molecule has 1 aliphatic rings. The molecule has 2 heterocycles. The highest BCUT2D eigenvalue weighted by Crippen LogP contribution is 2.37. The van der Waals surface area contributed by atoms with Crippen molar-refractivity contribution in [1.82, 2.24) is 0 Å². The summed E-state index contributed by atoms with van der Waals surface area (Å²) in [7, 11) is 0. The van der Waals surface area contributed by atoms with Crippen molar-refractivity contribution < 1.29 is 18.0 Å². The van der Waals surface area contributed by atoms with Gasteiger partial charge in [-0.05, 0) is 53.9 Å². The molecule has 30 heavy (non-hydrogen) atoms. The van der Waals surface area contributed by atoms with Crippen LogP contribution in [0.15, 0.2) is 65.0 Å². The van der Waals surface area contributed by atoms with Crippen LogP contribution in [-0.4, -0.2) is 12.4 Å². The quantitative estimate of drug-likeness (QED) is 0.509. The third-order valence-corrected chi connectivity index (χ3v) is 5.30. The molecule has 2 amide bonds. The average Bonchev–Trinajstić information content (AvgIpc) is 3.18. The van der Waals surface area contributed by atoms with Gasteiger partial charge in [0, 0.05) is 22.6 Å². The number of aliphatic imine (C=N–C) groups is 1. The van der Waals surface area contributed by atoms with Gasteiger partial charge < -0.3 is 21.3 Å². The van der Waals surface area contributed by atoms with E-state index in [0.717, 1.165) is 28.4 Å². The Kier molecular flexibility index (Phi) is 5.18. The lowest BCUT2D eigenvalue weighted by molar-refractivity contribution is -0.137. The van der Waals surface area contributed by atoms with Gasteiger partial charge in [0.2, 0.25) is 0 Å². The molecule has 4 rings (SSSR count). The highest BCUT2D eigenvalue weighted by Gasteiger charge is 2.30. The summed E-state index contributed by atoms with van der Waals surface area (Å²) < 4.78 is 38.4. The van der Waals surface area contributed by atoms with E-state index < -0.39 is 17.8 Å². The third-order valence-electron chi connectivity index (χ3n) is 4.46. The molecule has 1 aromatic heterocycles. The number of urea groups is 1. The number of nitrogens with zero attached hydrogens (tertiary/aromatic N) is 2. The zero-order valence-electron chi connectivity index (χ0n) is 15.4. The predicted octanol–water partition coefficient (Wildman–Crippen LogP) is 5.55. The zero-order valence-corrected chi connectivity index (χ0v) is 16.2. The maximum Gasteiger partial charge on any atom is 0.416 e. The molecule has 0 aliphatic carbocycles. The van der Waals surface area contributed by atoms with Crippen molar-refractivity contribution >= 4 is 45.8 Å². The minimum atomic E-state index is -4.48. The fourth-order valence-electron chi connectivity index (χ4n) is 2.99. The summed E-state index contributed by atoms with van der Waals surface area (Å²) in [4.78, 5) is 18.3. The highest BCUT2D eigenvalue weighted by atomic mass is 32.1. The van der Waals surface area contributed by atoms with Crippen molar-refractivity contribution in [3.05, 3.63) is 71.1 Å². The molecule has 0 fully saturated rings. The average molecular weight is 431 g/mol. The van der Waals surface area contributed by atoms with E-state index in [9.17, 15) is 18.0 Å². The number of rotatable bonds is 3. The van der Waals surface area contributed by atoms with Crippen molar-refractivity contribution in [3.63, 3.8) is 0 Å². The summed E-state index contributed by atoms with van der Waals surface area (Å²) in [6, 6.07) is 12.6. The number of amides is 2. The number of carbonyl (C=O) groups excluding carboxylic acids is 1. The number of anilines is 3. The molecular weight excluding hydrogens is 415 g/mol. The fraction of sp³-hybridized carbons (Fsp3) is 0.100. The Hall–Kier alpha value is -3.37. The Morgan fingerprint density at radius 1 is 1.07 bits per heavy atom. The van der Waals surface area contributed by atoms with Gasteiger partial charge in [0.25, 0.3) is 0 Å². The maximum absolute atomic E-state index is 12.8. The molecule has 6 nitrogen and oxygen atoms in total. The number of nitrogens with two attached hydrogens (primary N) is 1. The molecule has 0 saturated carbocycles. The van der Waals surface area contributed by atoms with E-state index in [4.69, 9.17) is 5.73 Å². The highest BCUT2D eigenvalue weighted by molar-refractivity contribution is 7.14. The molecular formula is C20H16F3N5OS. The Labute approximate surface area is 173 Å². The first-order chi connectivity index (χ1) is 14.3. The van der Waals surface area contributed by atoms with Crippen LogP contribution < -0.4 is 21.3 Å². The Morgan fingerprint density at radius 3 is 2.53 bits per heavy atom. The minimum Gasteiger partial charge on any atom is -0.312 e. The lowest BCUT2D eigenvalue weighted by atomic mass is 10.2. The molecule has 4 N–H and O–H groups in total. The zero-order chi connectivity index (χ0) is 21.3. The van der Waals surface area contributed by atoms with E-state index in [1.165, 1.54) is 23.5 Å². The first-order valence-electron chi connectivity index (χ1n) is 8.82. The number of halogens is 3. The topological polar surface area (TPSA) is 82.8 Å². The number of thiophene rings is 1. The standard InChI is InChI=1S/C20H16F3N5OS/c21-20(22,23)12-2-1-3-14(10-12)27-19(29)26-13-4-6-15(7-5-13)28-11-25-18-16(17(28)24)8-9-30-18/h1-11,17H,24H2,(H2,26,27,29). The summed E-state index contributed by atoms with van der Waals surface area (Å²) in [5, 5.41) is 7.79. The Morgan fingerprint density at radius 2 is 1.80 bits per heavy atom. The van der Waals surface area contributed by atoms with E-state index >= 15 is 0 Å². The minimum absolute atomic E-state index is 0.0426. The van der Waals surface area contributed by atoms with Crippen LogP contribution in [0.5, 0.6) is 0 Å². The Bertz CT molecular complexity index is 1090. The normalized spacial score (nSPS) is 15.6. The van der Waals surface area contributed by atoms with Gasteiger partial charge in [-0.2, -0.15) is 13.2 Å². The lowest BCUT2D eigenvalue weighted by Crippen LogP contribution is -2.35. The molecule has 1 aliphatic heterocycles. The van der Waals surface area contributed by atoms with E-state index in [1.54, 1.807) is 30.6 Å². The molecule has 154 valence electrons. The first-order valence-corrected chi connectivity index (χ1v) is 9.70. The van der Waals surface area contributed by atoms with Crippen molar-refractivity contribution in [3.8, 4) is 0 Å². The molecule has 1 unspecified atom stereocenters. The lowest BCUT2D eigenvalue weighted by Gasteiger charge is -2.29. The van der Waals surface area contributed by atoms with Gasteiger partial charge in [0.15, 0.2) is 0 Å². The Balaban J connectivity index is 1.41. The van der Waals surface area contributed by atoms with E-state index in [-0.39, 0.29) is 11.9 Å². The van der Waals surface area contributed by atoms with Gasteiger partial charge in [0.05, 0.1) is 11.9 Å². The van der Waals surface area contributed by atoms with Crippen LogP contribution >= 0.6 is 11.3 Å². The van der Waals surface area contributed by atoms with Crippen LogP contribution in [0.25, 0.3) is 0 Å². The van der Waals surface area contributed by atoms with Crippen LogP contribution in [-0.2, 0) is 6.18 Å². The molecule has 3 aromatic rings. The summed E-state index contributed by atoms with van der Waals surface area (Å²) in [5.74, 6) is 0. The largest absolute Gasteiger partial charge is 0.416 e. The van der Waals surface area contributed by atoms with Crippen molar-refractivity contribution in [2.24, 2.45) is 10.7 Å². The smallest absolute Gasteiger partial charge is 0.312 e. The number of fused-ring (bicyclic) bond motifs is 1. The van der Waals surface area contributed by atoms with Gasteiger partial charge in [-0.25, -0.2) is 9.79 Å². The van der Waals surface area contributed by atoms with Gasteiger partial charge in [-0.3, -0.25) is 0 Å². The van der Waals surface area contributed by atoms with E-state index in [0.29, 0.717) is 5.69 Å². The SMILES string of the molecule is NC1c2ccsc2N=CN1c1ccc(NC(=O)Nc2cccc(C(F)(F)F)c2)cc1. The van der Waals surface area contributed by atoms with Crippen molar-refractivity contribution in [2.45, 2.75) is 12.3 Å². The van der Waals surface area contributed by atoms with Crippen LogP contribution in [0.3, 0.4) is 0 Å². The second-order valence-electron chi connectivity index (χ2n) is 6.48. The van der Waals surface area contributed by atoms with Crippen LogP contribution in [0, 0.1) is 0 Å². The number of hydrogen-bond acceptors (Lipinski definition) is 5. The second-order valence-corrected chi connectivity index (χ2v) is 7.38. The van der Waals surface area contributed by atoms with Crippen LogP contribution in [0.4, 0.5) is 40.0 Å². The van der Waals surface area contributed by atoms with Crippen LogP contribution in [0.2, 0.25) is 0 Å². The summed E-state index contributed by atoms with van der Waals surface area (Å²) in [6.45, 7) is 0. The second kappa shape index (κ2) is 7.81. The molecule has 0 bridgehead atoms. The number of benzene rings is 2. The predicted molar refractivity (Wildman–Crippen MR) is 112 cm³/mol. The van der Waals surface area contributed by atoms with E-state index in [1.807, 2.05) is 16.3 Å². The number of hydrogen-bond donors (Lipinski definition) is 3. The third kappa shape index (κ3) is 4.14. The van der Waals surface area contributed by atoms with Gasteiger partial charge >= 0.3 is 12.2 Å². The molecule has 1 atom stereocenters. The van der Waals surface area contributed by atoms with Gasteiger partial charge in [-0.15, -0.1) is 11.3 Å². The van der Waals surface area contributed by atoms with Gasteiger partial charge in [-0.1, -0.05) is 6.07 Å². The summed E-state index contributed by atoms with van der Waals surface area (Å²) in [6.07, 6.45) is -3.19. The first kappa shape index (κ1) is 19.9. The van der Waals surface area contributed by atoms with Crippen molar-refractivity contribution in [2.75, 3.05) is 15.5 Å². The van der Waals surface area contributed by atoms with Gasteiger partial charge in [0.1, 0.15) is 11.2 Å². The maximum atomic E-state index is 12.8. The number of carbonyl (C=O) groups is 1. The monoisotopic (exact) mass is 431 g/mol. The molecule has 0 spiro atoms. The fourth-order valence-corrected chi connectivity index (χ4v) is 3.76. The van der Waals surface area contributed by atoms with E-state index in [2.05, 4.69) is 15.6 Å². The van der Waals surface area contributed by atoms with Crippen LogP contribution in [0.1, 0.15) is 17.3 Å². The molecule has 0 radical (unpaired) electrons.